The summed E-state index contributed by atoms with van der Waals surface area (Å²) in [6.07, 6.45) is 2.66. The van der Waals surface area contributed by atoms with Crippen molar-refractivity contribution < 1.29 is 9.90 Å². The Balaban J connectivity index is 1.63. The Morgan fingerprint density at radius 1 is 1.21 bits per heavy atom. The summed E-state index contributed by atoms with van der Waals surface area (Å²) in [4.78, 5) is 11.3. The van der Waals surface area contributed by atoms with Gasteiger partial charge in [-0.25, -0.2) is 0 Å². The minimum atomic E-state index is -0.633. The van der Waals surface area contributed by atoms with E-state index < -0.39 is 5.97 Å². The molecule has 0 amide bonds. The molecule has 1 aliphatic rings. The zero-order valence-electron chi connectivity index (χ0n) is 16.9. The van der Waals surface area contributed by atoms with Crippen LogP contribution in [0.2, 0.25) is 5.02 Å². The molecule has 0 heterocycles. The van der Waals surface area contributed by atoms with Gasteiger partial charge in [-0.05, 0) is 78.8 Å². The minimum absolute atomic E-state index is 0.157. The van der Waals surface area contributed by atoms with Gasteiger partial charge in [-0.3, -0.25) is 4.79 Å². The summed E-state index contributed by atoms with van der Waals surface area (Å²) in [5.41, 5.74) is 4.72. The van der Waals surface area contributed by atoms with Crippen molar-refractivity contribution in [3.05, 3.63) is 64.2 Å². The number of hydrogen-bond donors (Lipinski definition) is 2. The average molecular weight is 400 g/mol. The van der Waals surface area contributed by atoms with E-state index in [9.17, 15) is 9.90 Å². The van der Waals surface area contributed by atoms with Gasteiger partial charge in [-0.1, -0.05) is 49.7 Å². The maximum atomic E-state index is 11.3. The van der Waals surface area contributed by atoms with Crippen molar-refractivity contribution in [3.8, 4) is 0 Å². The van der Waals surface area contributed by atoms with Crippen molar-refractivity contribution in [3.63, 3.8) is 0 Å². The van der Waals surface area contributed by atoms with Crippen molar-refractivity contribution in [2.75, 3.05) is 5.32 Å². The molecule has 28 heavy (non-hydrogen) atoms. The van der Waals surface area contributed by atoms with Gasteiger partial charge < -0.3 is 10.4 Å². The van der Waals surface area contributed by atoms with Crippen LogP contribution >= 0.6 is 11.6 Å². The van der Waals surface area contributed by atoms with Crippen LogP contribution in [0.3, 0.4) is 0 Å². The number of carboxylic acid groups (broad SMARTS) is 1. The van der Waals surface area contributed by atoms with Gasteiger partial charge in [0, 0.05) is 17.3 Å². The first-order chi connectivity index (χ1) is 13.3. The second-order valence-corrected chi connectivity index (χ2v) is 8.73. The number of rotatable bonds is 7. The monoisotopic (exact) mass is 399 g/mol. The first kappa shape index (κ1) is 20.7. The van der Waals surface area contributed by atoms with E-state index in [0.717, 1.165) is 42.1 Å². The Hall–Kier alpha value is -2.00. The number of hydrogen-bond acceptors (Lipinski definition) is 2. The lowest BCUT2D eigenvalue weighted by Gasteiger charge is -2.26. The van der Waals surface area contributed by atoms with Crippen LogP contribution in [0.5, 0.6) is 0 Å². The summed E-state index contributed by atoms with van der Waals surface area (Å²) >= 11 is 6.11. The number of benzene rings is 2. The van der Waals surface area contributed by atoms with Crippen LogP contribution in [0.1, 0.15) is 55.7 Å². The van der Waals surface area contributed by atoms with E-state index in [1.54, 1.807) is 0 Å². The topological polar surface area (TPSA) is 49.3 Å². The summed E-state index contributed by atoms with van der Waals surface area (Å²) in [6.45, 7) is 7.32. The second kappa shape index (κ2) is 9.00. The molecule has 3 rings (SSSR count). The van der Waals surface area contributed by atoms with E-state index in [4.69, 9.17) is 11.6 Å². The van der Waals surface area contributed by atoms with Gasteiger partial charge in [0.25, 0.3) is 0 Å². The standard InChI is InChI=1S/C24H30ClNO2/c1-15-11-18(7-10-23(15)25)14-26-22-6-4-5-19(13-22)16(2)17(3)20-8-9-21(12-20)24(27)28/h4-7,10-11,13,16-17,20-21,26H,8-9,12,14H2,1-3H3,(H,27,28). The third kappa shape index (κ3) is 4.88. The first-order valence-electron chi connectivity index (χ1n) is 10.2. The molecular weight excluding hydrogens is 370 g/mol. The Bertz CT molecular complexity index is 835. The fourth-order valence-corrected chi connectivity index (χ4v) is 4.50. The number of carboxylic acids is 1. The van der Waals surface area contributed by atoms with Gasteiger partial charge in [0.1, 0.15) is 0 Å². The van der Waals surface area contributed by atoms with Gasteiger partial charge in [0.15, 0.2) is 0 Å². The predicted octanol–water partition coefficient (Wildman–Crippen LogP) is 6.50. The molecular formula is C24H30ClNO2. The Labute approximate surface area is 173 Å². The molecule has 0 radical (unpaired) electrons. The van der Waals surface area contributed by atoms with Crippen LogP contribution in [0.15, 0.2) is 42.5 Å². The van der Waals surface area contributed by atoms with Crippen LogP contribution < -0.4 is 5.32 Å². The lowest BCUT2D eigenvalue weighted by molar-refractivity contribution is -0.141. The molecule has 4 heteroatoms. The van der Waals surface area contributed by atoms with Gasteiger partial charge in [0.05, 0.1) is 5.92 Å². The lowest BCUT2D eigenvalue weighted by Crippen LogP contribution is -2.17. The summed E-state index contributed by atoms with van der Waals surface area (Å²) in [6, 6.07) is 14.7. The zero-order valence-corrected chi connectivity index (χ0v) is 17.7. The van der Waals surface area contributed by atoms with Crippen LogP contribution in [0, 0.1) is 24.7 Å². The van der Waals surface area contributed by atoms with Crippen LogP contribution in [0.25, 0.3) is 0 Å². The quantitative estimate of drug-likeness (QED) is 0.558. The Morgan fingerprint density at radius 3 is 2.68 bits per heavy atom. The van der Waals surface area contributed by atoms with E-state index in [1.165, 1.54) is 11.1 Å². The van der Waals surface area contributed by atoms with E-state index >= 15 is 0 Å². The smallest absolute Gasteiger partial charge is 0.306 e. The Morgan fingerprint density at radius 2 is 2.00 bits per heavy atom. The number of carbonyl (C=O) groups is 1. The lowest BCUT2D eigenvalue weighted by atomic mass is 9.79. The first-order valence-corrected chi connectivity index (χ1v) is 10.5. The van der Waals surface area contributed by atoms with Crippen molar-refractivity contribution in [1.29, 1.82) is 0 Å². The highest BCUT2D eigenvalue weighted by molar-refractivity contribution is 6.31. The molecule has 1 fully saturated rings. The summed E-state index contributed by atoms with van der Waals surface area (Å²) in [5, 5.41) is 13.6. The third-order valence-corrected chi connectivity index (χ3v) is 6.91. The predicted molar refractivity (Wildman–Crippen MR) is 116 cm³/mol. The van der Waals surface area contributed by atoms with Crippen molar-refractivity contribution >= 4 is 23.3 Å². The third-order valence-electron chi connectivity index (χ3n) is 6.49. The molecule has 0 aliphatic heterocycles. The highest BCUT2D eigenvalue weighted by Gasteiger charge is 2.34. The van der Waals surface area contributed by atoms with E-state index in [2.05, 4.69) is 55.6 Å². The molecule has 1 saturated carbocycles. The van der Waals surface area contributed by atoms with E-state index in [-0.39, 0.29) is 5.92 Å². The summed E-state index contributed by atoms with van der Waals surface area (Å²) < 4.78 is 0. The maximum absolute atomic E-state index is 11.3. The molecule has 0 saturated heterocycles. The zero-order chi connectivity index (χ0) is 20.3. The summed E-state index contributed by atoms with van der Waals surface area (Å²) in [5.74, 6) is 0.571. The molecule has 4 atom stereocenters. The normalized spacial score (nSPS) is 21.3. The molecule has 0 bridgehead atoms. The largest absolute Gasteiger partial charge is 0.481 e. The van der Waals surface area contributed by atoms with E-state index in [0.29, 0.717) is 17.8 Å². The molecule has 4 unspecified atom stereocenters. The molecule has 1 aliphatic carbocycles. The average Bonchev–Trinajstić information content (AvgIpc) is 3.18. The van der Waals surface area contributed by atoms with Crippen molar-refractivity contribution in [2.24, 2.45) is 17.8 Å². The number of halogens is 1. The fraction of sp³-hybridized carbons (Fsp3) is 0.458. The van der Waals surface area contributed by atoms with Crippen molar-refractivity contribution in [1.82, 2.24) is 0 Å². The Kier molecular flexibility index (Phi) is 6.66. The van der Waals surface area contributed by atoms with Crippen LogP contribution in [0.4, 0.5) is 5.69 Å². The molecule has 0 aromatic heterocycles. The molecule has 2 N–H and O–H groups in total. The SMILES string of the molecule is Cc1cc(CNc2cccc(C(C)C(C)C3CCC(C(=O)O)C3)c2)ccc1Cl. The highest BCUT2D eigenvalue weighted by atomic mass is 35.5. The molecule has 3 nitrogen and oxygen atoms in total. The number of nitrogens with one attached hydrogen (secondary N) is 1. The van der Waals surface area contributed by atoms with Gasteiger partial charge in [0.2, 0.25) is 0 Å². The van der Waals surface area contributed by atoms with Crippen molar-refractivity contribution in [2.45, 2.75) is 52.5 Å². The summed E-state index contributed by atoms with van der Waals surface area (Å²) in [7, 11) is 0. The number of aryl methyl sites for hydroxylation is 1. The molecule has 0 spiro atoms. The maximum Gasteiger partial charge on any atom is 0.306 e. The highest BCUT2D eigenvalue weighted by Crippen LogP contribution is 2.41. The number of anilines is 1. The number of aliphatic carboxylic acids is 1. The van der Waals surface area contributed by atoms with Crippen LogP contribution in [-0.2, 0) is 11.3 Å². The molecule has 2 aromatic carbocycles. The minimum Gasteiger partial charge on any atom is -0.481 e. The van der Waals surface area contributed by atoms with Gasteiger partial charge in [-0.15, -0.1) is 0 Å². The molecule has 2 aromatic rings. The van der Waals surface area contributed by atoms with Gasteiger partial charge >= 0.3 is 5.97 Å². The van der Waals surface area contributed by atoms with Crippen LogP contribution in [-0.4, -0.2) is 11.1 Å². The second-order valence-electron chi connectivity index (χ2n) is 8.32. The van der Waals surface area contributed by atoms with Gasteiger partial charge in [-0.2, -0.15) is 0 Å². The molecule has 150 valence electrons. The fourth-order valence-electron chi connectivity index (χ4n) is 4.38. The van der Waals surface area contributed by atoms with E-state index in [1.807, 2.05) is 13.0 Å².